The van der Waals surface area contributed by atoms with Crippen LogP contribution in [0.3, 0.4) is 0 Å². The molecule has 0 atom stereocenters. The summed E-state index contributed by atoms with van der Waals surface area (Å²) in [7, 11) is 1.47. The van der Waals surface area contributed by atoms with E-state index in [1.807, 2.05) is 13.8 Å². The van der Waals surface area contributed by atoms with Crippen LogP contribution in [0, 0.1) is 0 Å². The highest BCUT2D eigenvalue weighted by Crippen LogP contribution is 2.28. The van der Waals surface area contributed by atoms with Crippen LogP contribution in [0.2, 0.25) is 0 Å². The maximum Gasteiger partial charge on any atom is 0.422 e. The van der Waals surface area contributed by atoms with Gasteiger partial charge in [0.05, 0.1) is 7.11 Å². The molecule has 17 heavy (non-hydrogen) atoms. The first-order chi connectivity index (χ1) is 7.81. The van der Waals surface area contributed by atoms with E-state index in [1.165, 1.54) is 13.2 Å². The molecule has 0 amide bonds. The Balaban J connectivity index is 2.87. The number of halogens is 3. The van der Waals surface area contributed by atoms with Gasteiger partial charge in [-0.3, -0.25) is 0 Å². The summed E-state index contributed by atoms with van der Waals surface area (Å²) in [4.78, 5) is 0. The molecule has 0 radical (unpaired) electrons. The van der Waals surface area contributed by atoms with Crippen molar-refractivity contribution < 1.29 is 22.6 Å². The van der Waals surface area contributed by atoms with Gasteiger partial charge < -0.3 is 9.47 Å². The minimum atomic E-state index is -4.33. The Bertz CT molecular complexity index is 373. The largest absolute Gasteiger partial charge is 0.497 e. The highest BCUT2D eigenvalue weighted by atomic mass is 19.4. The standard InChI is InChI=1S/C12H15F3O2/c1-8(2)9-4-10(16-3)6-11(5-9)17-7-12(13,14)15/h4-6,8H,7H2,1-3H3. The molecule has 0 aliphatic heterocycles. The van der Waals surface area contributed by atoms with Gasteiger partial charge in [0.25, 0.3) is 0 Å². The second kappa shape index (κ2) is 5.29. The highest BCUT2D eigenvalue weighted by Gasteiger charge is 2.28. The van der Waals surface area contributed by atoms with Gasteiger partial charge in [0.1, 0.15) is 11.5 Å². The Hall–Kier alpha value is -1.39. The van der Waals surface area contributed by atoms with Crippen LogP contribution in [-0.2, 0) is 0 Å². The lowest BCUT2D eigenvalue weighted by molar-refractivity contribution is -0.153. The summed E-state index contributed by atoms with van der Waals surface area (Å²) in [5.41, 5.74) is 0.876. The normalized spacial score (nSPS) is 11.7. The zero-order valence-electron chi connectivity index (χ0n) is 9.97. The molecule has 1 aromatic carbocycles. The maximum absolute atomic E-state index is 12.0. The van der Waals surface area contributed by atoms with E-state index >= 15 is 0 Å². The molecule has 0 aliphatic carbocycles. The van der Waals surface area contributed by atoms with Gasteiger partial charge in [-0.2, -0.15) is 13.2 Å². The molecule has 1 aromatic rings. The minimum absolute atomic E-state index is 0.172. The fourth-order valence-electron chi connectivity index (χ4n) is 1.29. The Morgan fingerprint density at radius 2 is 1.71 bits per heavy atom. The van der Waals surface area contributed by atoms with Gasteiger partial charge in [-0.25, -0.2) is 0 Å². The molecule has 0 spiro atoms. The van der Waals surface area contributed by atoms with Gasteiger partial charge >= 0.3 is 6.18 Å². The van der Waals surface area contributed by atoms with Gasteiger partial charge in [-0.15, -0.1) is 0 Å². The summed E-state index contributed by atoms with van der Waals surface area (Å²) in [6, 6.07) is 4.82. The Labute approximate surface area is 98.3 Å². The van der Waals surface area contributed by atoms with Crippen molar-refractivity contribution in [3.63, 3.8) is 0 Å². The summed E-state index contributed by atoms with van der Waals surface area (Å²) in [6.45, 7) is 2.60. The Morgan fingerprint density at radius 1 is 1.12 bits per heavy atom. The summed E-state index contributed by atoms with van der Waals surface area (Å²) in [5, 5.41) is 0. The van der Waals surface area contributed by atoms with Gasteiger partial charge in [-0.05, 0) is 23.6 Å². The monoisotopic (exact) mass is 248 g/mol. The van der Waals surface area contributed by atoms with Crippen LogP contribution < -0.4 is 9.47 Å². The molecular weight excluding hydrogens is 233 g/mol. The number of hydrogen-bond donors (Lipinski definition) is 0. The van der Waals surface area contributed by atoms with Crippen LogP contribution in [0.1, 0.15) is 25.3 Å². The van der Waals surface area contributed by atoms with Crippen molar-refractivity contribution in [1.29, 1.82) is 0 Å². The average molecular weight is 248 g/mol. The number of ether oxygens (including phenoxy) is 2. The van der Waals surface area contributed by atoms with Crippen molar-refractivity contribution in [3.8, 4) is 11.5 Å². The fourth-order valence-corrected chi connectivity index (χ4v) is 1.29. The zero-order valence-corrected chi connectivity index (χ0v) is 9.97. The zero-order chi connectivity index (χ0) is 13.1. The van der Waals surface area contributed by atoms with E-state index in [2.05, 4.69) is 0 Å². The summed E-state index contributed by atoms with van der Waals surface area (Å²) in [6.07, 6.45) is -4.33. The predicted octanol–water partition coefficient (Wildman–Crippen LogP) is 3.76. The van der Waals surface area contributed by atoms with Crippen LogP contribution >= 0.6 is 0 Å². The van der Waals surface area contributed by atoms with Crippen molar-refractivity contribution in [2.45, 2.75) is 25.9 Å². The summed E-state index contributed by atoms with van der Waals surface area (Å²) < 4.78 is 45.8. The Morgan fingerprint density at radius 3 is 2.18 bits per heavy atom. The van der Waals surface area contributed by atoms with Crippen LogP contribution in [0.15, 0.2) is 18.2 Å². The van der Waals surface area contributed by atoms with Crippen molar-refractivity contribution in [2.24, 2.45) is 0 Å². The molecule has 0 saturated heterocycles. The van der Waals surface area contributed by atoms with Crippen LogP contribution in [0.25, 0.3) is 0 Å². The molecule has 0 unspecified atom stereocenters. The van der Waals surface area contributed by atoms with E-state index in [1.54, 1.807) is 12.1 Å². The van der Waals surface area contributed by atoms with E-state index in [0.717, 1.165) is 5.56 Å². The van der Waals surface area contributed by atoms with Crippen LogP contribution in [-0.4, -0.2) is 19.9 Å². The van der Waals surface area contributed by atoms with Gasteiger partial charge in [0.15, 0.2) is 6.61 Å². The van der Waals surface area contributed by atoms with Gasteiger partial charge in [0.2, 0.25) is 0 Å². The minimum Gasteiger partial charge on any atom is -0.497 e. The molecule has 0 heterocycles. The molecule has 0 N–H and O–H groups in total. The van der Waals surface area contributed by atoms with Crippen molar-refractivity contribution in [1.82, 2.24) is 0 Å². The lowest BCUT2D eigenvalue weighted by Gasteiger charge is -2.13. The van der Waals surface area contributed by atoms with Crippen molar-refractivity contribution in [3.05, 3.63) is 23.8 Å². The van der Waals surface area contributed by atoms with E-state index in [-0.39, 0.29) is 11.7 Å². The molecule has 0 saturated carbocycles. The van der Waals surface area contributed by atoms with Gasteiger partial charge in [0, 0.05) is 6.07 Å². The first-order valence-corrected chi connectivity index (χ1v) is 5.20. The fraction of sp³-hybridized carbons (Fsp3) is 0.500. The number of hydrogen-bond acceptors (Lipinski definition) is 2. The van der Waals surface area contributed by atoms with Crippen molar-refractivity contribution in [2.75, 3.05) is 13.7 Å². The quantitative estimate of drug-likeness (QED) is 0.807. The SMILES string of the molecule is COc1cc(OCC(F)(F)F)cc(C(C)C)c1. The summed E-state index contributed by atoms with van der Waals surface area (Å²) in [5.74, 6) is 0.858. The molecular formula is C12H15F3O2. The smallest absolute Gasteiger partial charge is 0.422 e. The molecule has 0 aromatic heterocycles. The first kappa shape index (κ1) is 13.7. The third kappa shape index (κ3) is 4.54. The Kier molecular flexibility index (Phi) is 4.26. The van der Waals surface area contributed by atoms with Gasteiger partial charge in [-0.1, -0.05) is 13.8 Å². The molecule has 5 heteroatoms. The number of rotatable bonds is 4. The summed E-state index contributed by atoms with van der Waals surface area (Å²) >= 11 is 0. The molecule has 0 fully saturated rings. The van der Waals surface area contributed by atoms with E-state index in [0.29, 0.717) is 5.75 Å². The second-order valence-corrected chi connectivity index (χ2v) is 4.00. The molecule has 1 rings (SSSR count). The topological polar surface area (TPSA) is 18.5 Å². The number of alkyl halides is 3. The van der Waals surface area contributed by atoms with E-state index < -0.39 is 12.8 Å². The molecule has 0 aliphatic rings. The molecule has 96 valence electrons. The third-order valence-corrected chi connectivity index (χ3v) is 2.21. The second-order valence-electron chi connectivity index (χ2n) is 4.00. The molecule has 0 bridgehead atoms. The van der Waals surface area contributed by atoms with Crippen molar-refractivity contribution >= 4 is 0 Å². The number of methoxy groups -OCH3 is 1. The maximum atomic E-state index is 12.0. The van der Waals surface area contributed by atoms with E-state index in [9.17, 15) is 13.2 Å². The average Bonchev–Trinajstić information content (AvgIpc) is 2.25. The third-order valence-electron chi connectivity index (χ3n) is 2.21. The number of benzene rings is 1. The van der Waals surface area contributed by atoms with Crippen LogP contribution in [0.5, 0.6) is 11.5 Å². The van der Waals surface area contributed by atoms with Crippen LogP contribution in [0.4, 0.5) is 13.2 Å². The lowest BCUT2D eigenvalue weighted by Crippen LogP contribution is -2.19. The first-order valence-electron chi connectivity index (χ1n) is 5.20. The van der Waals surface area contributed by atoms with E-state index in [4.69, 9.17) is 9.47 Å². The predicted molar refractivity (Wildman–Crippen MR) is 58.6 cm³/mol. The highest BCUT2D eigenvalue weighted by molar-refractivity contribution is 5.39. The molecule has 2 nitrogen and oxygen atoms in total. The lowest BCUT2D eigenvalue weighted by atomic mass is 10.0.